The van der Waals surface area contributed by atoms with E-state index in [0.717, 1.165) is 30.2 Å². The average molecular weight is 179 g/mol. The summed E-state index contributed by atoms with van der Waals surface area (Å²) in [7, 11) is 0. The predicted octanol–water partition coefficient (Wildman–Crippen LogP) is 2.57. The van der Waals surface area contributed by atoms with Crippen molar-refractivity contribution in [2.24, 2.45) is 29.4 Å². The van der Waals surface area contributed by atoms with Gasteiger partial charge in [-0.15, -0.1) is 0 Å². The molecule has 4 atom stereocenters. The Kier molecular flexibility index (Phi) is 2.73. The third kappa shape index (κ3) is 1.54. The van der Waals surface area contributed by atoms with Gasteiger partial charge in [0.2, 0.25) is 0 Å². The van der Waals surface area contributed by atoms with Gasteiger partial charge < -0.3 is 5.73 Å². The van der Waals surface area contributed by atoms with Crippen LogP contribution in [0.4, 0.5) is 0 Å². The van der Waals surface area contributed by atoms with Gasteiger partial charge in [0.05, 0.1) is 0 Å². The van der Waals surface area contributed by atoms with Crippen molar-refractivity contribution in [1.82, 2.24) is 0 Å². The van der Waals surface area contributed by atoms with Crippen molar-refractivity contribution in [2.45, 2.75) is 32.6 Å². The van der Waals surface area contributed by atoms with Gasteiger partial charge in [-0.1, -0.05) is 25.5 Å². The summed E-state index contributed by atoms with van der Waals surface area (Å²) in [6.07, 6.45) is 10.3. The van der Waals surface area contributed by atoms with E-state index in [0.29, 0.717) is 0 Å². The summed E-state index contributed by atoms with van der Waals surface area (Å²) in [5, 5.41) is 0. The van der Waals surface area contributed by atoms with Crippen LogP contribution in [-0.4, -0.2) is 6.54 Å². The summed E-state index contributed by atoms with van der Waals surface area (Å²) in [6, 6.07) is 0. The first-order valence-corrected chi connectivity index (χ1v) is 5.75. The van der Waals surface area contributed by atoms with Crippen LogP contribution in [0.5, 0.6) is 0 Å². The normalized spacial score (nSPS) is 41.7. The zero-order chi connectivity index (χ0) is 9.26. The third-order valence-electron chi connectivity index (χ3n) is 4.01. The molecule has 13 heavy (non-hydrogen) atoms. The maximum Gasteiger partial charge on any atom is -0.00772 e. The molecule has 1 fully saturated rings. The lowest BCUT2D eigenvalue weighted by Gasteiger charge is -2.26. The molecule has 4 unspecified atom stereocenters. The smallest absolute Gasteiger partial charge is 0.00772 e. The number of nitrogens with two attached hydrogens (primary N) is 1. The van der Waals surface area contributed by atoms with Gasteiger partial charge in [-0.05, 0) is 49.5 Å². The van der Waals surface area contributed by atoms with E-state index in [1.54, 1.807) is 0 Å². The number of rotatable bonds is 4. The van der Waals surface area contributed by atoms with Gasteiger partial charge in [-0.25, -0.2) is 0 Å². The summed E-state index contributed by atoms with van der Waals surface area (Å²) in [5.41, 5.74) is 5.57. The molecule has 2 bridgehead atoms. The van der Waals surface area contributed by atoms with E-state index in [9.17, 15) is 0 Å². The van der Waals surface area contributed by atoms with Gasteiger partial charge in [0.1, 0.15) is 0 Å². The summed E-state index contributed by atoms with van der Waals surface area (Å²) < 4.78 is 0. The fraction of sp³-hybridized carbons (Fsp3) is 0.833. The second-order valence-electron chi connectivity index (χ2n) is 4.62. The largest absolute Gasteiger partial charge is 0.330 e. The van der Waals surface area contributed by atoms with Crippen molar-refractivity contribution in [2.75, 3.05) is 6.54 Å². The van der Waals surface area contributed by atoms with Gasteiger partial charge in [0.15, 0.2) is 0 Å². The van der Waals surface area contributed by atoms with E-state index in [2.05, 4.69) is 19.1 Å². The van der Waals surface area contributed by atoms with E-state index in [-0.39, 0.29) is 0 Å². The molecule has 2 rings (SSSR count). The fourth-order valence-corrected chi connectivity index (χ4v) is 3.41. The molecule has 1 nitrogen and oxygen atoms in total. The predicted molar refractivity (Wildman–Crippen MR) is 56.3 cm³/mol. The van der Waals surface area contributed by atoms with Crippen molar-refractivity contribution >= 4 is 0 Å². The van der Waals surface area contributed by atoms with E-state index >= 15 is 0 Å². The van der Waals surface area contributed by atoms with Crippen LogP contribution >= 0.6 is 0 Å². The van der Waals surface area contributed by atoms with E-state index in [1.807, 2.05) is 0 Å². The summed E-state index contributed by atoms with van der Waals surface area (Å²) >= 11 is 0. The fourth-order valence-electron chi connectivity index (χ4n) is 3.41. The molecule has 0 amide bonds. The maximum atomic E-state index is 5.57. The lowest BCUT2D eigenvalue weighted by Crippen LogP contribution is -2.19. The molecular formula is C12H21N. The molecule has 74 valence electrons. The molecule has 0 radical (unpaired) electrons. The van der Waals surface area contributed by atoms with Crippen LogP contribution in [0.25, 0.3) is 0 Å². The van der Waals surface area contributed by atoms with Crippen molar-refractivity contribution < 1.29 is 0 Å². The minimum Gasteiger partial charge on any atom is -0.330 e. The molecule has 0 heterocycles. The molecule has 2 N–H and O–H groups in total. The van der Waals surface area contributed by atoms with Crippen LogP contribution < -0.4 is 5.73 Å². The van der Waals surface area contributed by atoms with Crippen LogP contribution in [0.1, 0.15) is 32.6 Å². The Morgan fingerprint density at radius 2 is 1.92 bits per heavy atom. The minimum atomic E-state index is 0.869. The van der Waals surface area contributed by atoms with Crippen LogP contribution in [0, 0.1) is 23.7 Å². The van der Waals surface area contributed by atoms with Crippen LogP contribution in [0.15, 0.2) is 12.2 Å². The summed E-state index contributed by atoms with van der Waals surface area (Å²) in [5.74, 6) is 3.75. The Labute approximate surface area is 81.4 Å². The molecule has 0 aromatic rings. The molecule has 2 aliphatic rings. The lowest BCUT2D eigenvalue weighted by atomic mass is 9.79. The summed E-state index contributed by atoms with van der Waals surface area (Å²) in [4.78, 5) is 0. The summed E-state index contributed by atoms with van der Waals surface area (Å²) in [6.45, 7) is 3.21. The first-order valence-electron chi connectivity index (χ1n) is 5.75. The molecule has 0 spiro atoms. The number of fused-ring (bicyclic) bond motifs is 2. The SMILES string of the molecule is CCC1C2C=CC(C2)C1CCCN. The Morgan fingerprint density at radius 1 is 1.23 bits per heavy atom. The molecule has 0 saturated heterocycles. The molecule has 0 aromatic carbocycles. The quantitative estimate of drug-likeness (QED) is 0.659. The highest BCUT2D eigenvalue weighted by atomic mass is 14.5. The maximum absolute atomic E-state index is 5.57. The van der Waals surface area contributed by atoms with Gasteiger partial charge >= 0.3 is 0 Å². The lowest BCUT2D eigenvalue weighted by molar-refractivity contribution is 0.279. The zero-order valence-electron chi connectivity index (χ0n) is 8.58. The molecule has 2 aliphatic carbocycles. The number of hydrogen-bond acceptors (Lipinski definition) is 1. The van der Waals surface area contributed by atoms with E-state index < -0.39 is 0 Å². The standard InChI is InChI=1S/C12H21N/c1-2-11-9-5-6-10(8-9)12(11)4-3-7-13/h5-6,9-12H,2-4,7-8,13H2,1H3. The van der Waals surface area contributed by atoms with Crippen molar-refractivity contribution in [3.8, 4) is 0 Å². The third-order valence-corrected chi connectivity index (χ3v) is 4.01. The highest BCUT2D eigenvalue weighted by Gasteiger charge is 2.42. The molecule has 0 aliphatic heterocycles. The Balaban J connectivity index is 1.97. The van der Waals surface area contributed by atoms with Crippen molar-refractivity contribution in [3.05, 3.63) is 12.2 Å². The van der Waals surface area contributed by atoms with E-state index in [4.69, 9.17) is 5.73 Å². The average Bonchev–Trinajstić information content (AvgIpc) is 2.73. The van der Waals surface area contributed by atoms with Gasteiger partial charge in [-0.2, -0.15) is 0 Å². The van der Waals surface area contributed by atoms with Crippen molar-refractivity contribution in [3.63, 3.8) is 0 Å². The Hall–Kier alpha value is -0.300. The molecule has 0 aromatic heterocycles. The van der Waals surface area contributed by atoms with Crippen LogP contribution in [0.2, 0.25) is 0 Å². The van der Waals surface area contributed by atoms with Gasteiger partial charge in [0.25, 0.3) is 0 Å². The monoisotopic (exact) mass is 179 g/mol. The number of hydrogen-bond donors (Lipinski definition) is 1. The van der Waals surface area contributed by atoms with Gasteiger partial charge in [0, 0.05) is 0 Å². The van der Waals surface area contributed by atoms with Gasteiger partial charge in [-0.3, -0.25) is 0 Å². The minimum absolute atomic E-state index is 0.869. The van der Waals surface area contributed by atoms with Crippen LogP contribution in [-0.2, 0) is 0 Å². The second kappa shape index (κ2) is 3.83. The highest BCUT2D eigenvalue weighted by Crippen LogP contribution is 2.50. The molecule has 1 saturated carbocycles. The second-order valence-corrected chi connectivity index (χ2v) is 4.62. The molecule has 1 heteroatoms. The highest BCUT2D eigenvalue weighted by molar-refractivity contribution is 5.13. The van der Waals surface area contributed by atoms with E-state index in [1.165, 1.54) is 25.7 Å². The van der Waals surface area contributed by atoms with Crippen LogP contribution in [0.3, 0.4) is 0 Å². The Morgan fingerprint density at radius 3 is 2.54 bits per heavy atom. The van der Waals surface area contributed by atoms with Crippen molar-refractivity contribution in [1.29, 1.82) is 0 Å². The molecular weight excluding hydrogens is 158 g/mol. The topological polar surface area (TPSA) is 26.0 Å². The number of allylic oxidation sites excluding steroid dienone is 2. The zero-order valence-corrected chi connectivity index (χ0v) is 8.58. The Bertz CT molecular complexity index is 197. The first-order chi connectivity index (χ1) is 6.36. The first kappa shape index (κ1) is 9.26.